The van der Waals surface area contributed by atoms with Gasteiger partial charge >= 0.3 is 0 Å². The highest BCUT2D eigenvalue weighted by Crippen LogP contribution is 2.31. The molecule has 2 heterocycles. The number of carbonyl (C=O) groups is 2. The molecule has 2 saturated heterocycles. The van der Waals surface area contributed by atoms with Gasteiger partial charge in [-0.05, 0) is 37.7 Å². The van der Waals surface area contributed by atoms with Crippen molar-refractivity contribution in [3.63, 3.8) is 0 Å². The molecule has 142 valence electrons. The molecular weight excluding hydrogens is 328 g/mol. The Bertz CT molecular complexity index is 621. The van der Waals surface area contributed by atoms with E-state index < -0.39 is 6.04 Å². The van der Waals surface area contributed by atoms with Crippen LogP contribution < -0.4 is 16.4 Å². The Hall–Kier alpha value is -1.92. The van der Waals surface area contributed by atoms with Gasteiger partial charge in [0.1, 0.15) is 0 Å². The first kappa shape index (κ1) is 18.9. The standard InChI is InChI=1S/C20H30N4O2/c1-2-17(21)19(25)23-15-8-9-16-10-11-18(24(16)13-15)20(26)22-12-14-6-4-3-5-7-14/h3-7,15-18H,2,8-13,21H2,1H3,(H,22,26)(H,23,25)/t15-,16-,17-,18-/m0/s1. The minimum absolute atomic E-state index is 0.0823. The van der Waals surface area contributed by atoms with Gasteiger partial charge in [-0.1, -0.05) is 37.3 Å². The molecule has 2 aliphatic rings. The lowest BCUT2D eigenvalue weighted by atomic mass is 9.98. The van der Waals surface area contributed by atoms with Gasteiger partial charge in [0.05, 0.1) is 12.1 Å². The first-order chi connectivity index (χ1) is 12.6. The van der Waals surface area contributed by atoms with E-state index in [2.05, 4.69) is 15.5 Å². The van der Waals surface area contributed by atoms with E-state index in [9.17, 15) is 9.59 Å². The number of amides is 2. The number of rotatable bonds is 6. The Labute approximate surface area is 155 Å². The van der Waals surface area contributed by atoms with Crippen LogP contribution in [0.5, 0.6) is 0 Å². The first-order valence-electron chi connectivity index (χ1n) is 9.71. The molecule has 4 N–H and O–H groups in total. The van der Waals surface area contributed by atoms with Crippen LogP contribution in [0.2, 0.25) is 0 Å². The summed E-state index contributed by atoms with van der Waals surface area (Å²) in [5.41, 5.74) is 6.93. The number of nitrogens with one attached hydrogen (secondary N) is 2. The second-order valence-electron chi connectivity index (χ2n) is 7.44. The minimum atomic E-state index is -0.448. The van der Waals surface area contributed by atoms with E-state index in [1.165, 1.54) is 0 Å². The van der Waals surface area contributed by atoms with Crippen LogP contribution in [-0.4, -0.2) is 47.4 Å². The zero-order valence-corrected chi connectivity index (χ0v) is 15.5. The van der Waals surface area contributed by atoms with E-state index >= 15 is 0 Å². The van der Waals surface area contributed by atoms with Crippen LogP contribution in [0.4, 0.5) is 0 Å². The van der Waals surface area contributed by atoms with Gasteiger partial charge in [-0.2, -0.15) is 0 Å². The normalized spacial score (nSPS) is 26.8. The lowest BCUT2D eigenvalue weighted by molar-refractivity contribution is -0.126. The molecule has 0 saturated carbocycles. The van der Waals surface area contributed by atoms with Crippen LogP contribution in [0.1, 0.15) is 44.6 Å². The van der Waals surface area contributed by atoms with E-state index in [0.29, 0.717) is 19.0 Å². The van der Waals surface area contributed by atoms with Crippen molar-refractivity contribution < 1.29 is 9.59 Å². The number of benzene rings is 1. The smallest absolute Gasteiger partial charge is 0.237 e. The van der Waals surface area contributed by atoms with E-state index in [4.69, 9.17) is 5.73 Å². The maximum atomic E-state index is 12.7. The number of carbonyl (C=O) groups excluding carboxylic acids is 2. The highest BCUT2D eigenvalue weighted by Gasteiger charge is 2.41. The fourth-order valence-electron chi connectivity index (χ4n) is 4.06. The van der Waals surface area contributed by atoms with Crippen LogP contribution in [0.15, 0.2) is 30.3 Å². The number of hydrogen-bond acceptors (Lipinski definition) is 4. The zero-order valence-electron chi connectivity index (χ0n) is 15.5. The van der Waals surface area contributed by atoms with E-state index in [1.807, 2.05) is 37.3 Å². The quantitative estimate of drug-likeness (QED) is 0.712. The van der Waals surface area contributed by atoms with Gasteiger partial charge in [-0.15, -0.1) is 0 Å². The predicted molar refractivity (Wildman–Crippen MR) is 101 cm³/mol. The summed E-state index contributed by atoms with van der Waals surface area (Å²) in [5.74, 6) is 0.00816. The molecule has 26 heavy (non-hydrogen) atoms. The maximum absolute atomic E-state index is 12.7. The van der Waals surface area contributed by atoms with Gasteiger partial charge in [0.25, 0.3) is 0 Å². The molecule has 3 rings (SSSR count). The highest BCUT2D eigenvalue weighted by atomic mass is 16.2. The molecule has 0 bridgehead atoms. The van der Waals surface area contributed by atoms with Crippen molar-refractivity contribution in [1.29, 1.82) is 0 Å². The van der Waals surface area contributed by atoms with Gasteiger partial charge in [-0.3, -0.25) is 14.5 Å². The number of piperidine rings is 1. The third-order valence-electron chi connectivity index (χ3n) is 5.66. The summed E-state index contributed by atoms with van der Waals surface area (Å²) in [5, 5.41) is 6.13. The highest BCUT2D eigenvalue weighted by molar-refractivity contribution is 5.82. The molecule has 0 spiro atoms. The Balaban J connectivity index is 1.54. The van der Waals surface area contributed by atoms with Gasteiger partial charge in [0, 0.05) is 25.2 Å². The first-order valence-corrected chi connectivity index (χ1v) is 9.71. The van der Waals surface area contributed by atoms with E-state index in [-0.39, 0.29) is 23.9 Å². The van der Waals surface area contributed by atoms with Crippen LogP contribution in [0.3, 0.4) is 0 Å². The molecule has 2 aliphatic heterocycles. The summed E-state index contributed by atoms with van der Waals surface area (Å²) >= 11 is 0. The number of nitrogens with zero attached hydrogens (tertiary/aromatic N) is 1. The number of fused-ring (bicyclic) bond motifs is 1. The van der Waals surface area contributed by atoms with E-state index in [0.717, 1.165) is 37.8 Å². The molecule has 2 amide bonds. The van der Waals surface area contributed by atoms with Crippen molar-refractivity contribution in [3.8, 4) is 0 Å². The van der Waals surface area contributed by atoms with Gasteiger partial charge in [-0.25, -0.2) is 0 Å². The maximum Gasteiger partial charge on any atom is 0.237 e. The summed E-state index contributed by atoms with van der Waals surface area (Å²) in [4.78, 5) is 27.1. The second-order valence-corrected chi connectivity index (χ2v) is 7.44. The van der Waals surface area contributed by atoms with Crippen LogP contribution in [0, 0.1) is 0 Å². The van der Waals surface area contributed by atoms with E-state index in [1.54, 1.807) is 0 Å². The van der Waals surface area contributed by atoms with Gasteiger partial charge < -0.3 is 16.4 Å². The summed E-state index contributed by atoms with van der Waals surface area (Å²) in [6.45, 7) is 3.20. The average molecular weight is 358 g/mol. The lowest BCUT2D eigenvalue weighted by Crippen LogP contribution is -2.56. The molecule has 0 aliphatic carbocycles. The molecule has 6 heteroatoms. The molecule has 2 fully saturated rings. The molecule has 4 atom stereocenters. The molecule has 1 aromatic carbocycles. The van der Waals surface area contributed by atoms with Gasteiger partial charge in [0.15, 0.2) is 0 Å². The Morgan fingerprint density at radius 3 is 2.65 bits per heavy atom. The minimum Gasteiger partial charge on any atom is -0.351 e. The lowest BCUT2D eigenvalue weighted by Gasteiger charge is -2.38. The molecule has 6 nitrogen and oxygen atoms in total. The van der Waals surface area contributed by atoms with Crippen LogP contribution >= 0.6 is 0 Å². The Morgan fingerprint density at radius 1 is 1.19 bits per heavy atom. The number of hydrogen-bond donors (Lipinski definition) is 3. The third kappa shape index (κ3) is 4.43. The fourth-order valence-corrected chi connectivity index (χ4v) is 4.06. The SMILES string of the molecule is CC[C@H](N)C(=O)N[C@H]1CC[C@H]2CC[C@@H](C(=O)NCc3ccccc3)N2C1. The summed E-state index contributed by atoms with van der Waals surface area (Å²) in [6.07, 6.45) is 4.56. The fraction of sp³-hybridized carbons (Fsp3) is 0.600. The Morgan fingerprint density at radius 2 is 1.92 bits per heavy atom. The number of nitrogens with two attached hydrogens (primary N) is 1. The largest absolute Gasteiger partial charge is 0.351 e. The predicted octanol–water partition coefficient (Wildman–Crippen LogP) is 1.15. The van der Waals surface area contributed by atoms with Crippen LogP contribution in [0.25, 0.3) is 0 Å². The topological polar surface area (TPSA) is 87.5 Å². The zero-order chi connectivity index (χ0) is 18.5. The van der Waals surface area contributed by atoms with Crippen molar-refractivity contribution in [1.82, 2.24) is 15.5 Å². The molecule has 0 radical (unpaired) electrons. The van der Waals surface area contributed by atoms with Crippen molar-refractivity contribution in [2.24, 2.45) is 5.73 Å². The second kappa shape index (κ2) is 8.64. The average Bonchev–Trinajstić information content (AvgIpc) is 3.09. The monoisotopic (exact) mass is 358 g/mol. The third-order valence-corrected chi connectivity index (χ3v) is 5.66. The van der Waals surface area contributed by atoms with Gasteiger partial charge in [0.2, 0.25) is 11.8 Å². The summed E-state index contributed by atoms with van der Waals surface area (Å²) in [6, 6.07) is 9.95. The molecule has 0 unspecified atom stereocenters. The molecular formula is C20H30N4O2. The van der Waals surface area contributed by atoms with Crippen molar-refractivity contribution in [2.45, 2.75) is 69.7 Å². The molecule has 1 aromatic rings. The molecule has 0 aromatic heterocycles. The van der Waals surface area contributed by atoms with Crippen molar-refractivity contribution in [2.75, 3.05) is 6.54 Å². The van der Waals surface area contributed by atoms with Crippen molar-refractivity contribution in [3.05, 3.63) is 35.9 Å². The van der Waals surface area contributed by atoms with Crippen LogP contribution in [-0.2, 0) is 16.1 Å². The summed E-state index contributed by atoms with van der Waals surface area (Å²) < 4.78 is 0. The van der Waals surface area contributed by atoms with Crippen molar-refractivity contribution >= 4 is 11.8 Å². The Kier molecular flexibility index (Phi) is 6.27. The summed E-state index contributed by atoms with van der Waals surface area (Å²) in [7, 11) is 0.